The van der Waals surface area contributed by atoms with E-state index < -0.39 is 0 Å². The number of hydrogen-bond acceptors (Lipinski definition) is 6. The molecule has 4 aromatic rings. The quantitative estimate of drug-likeness (QED) is 0.346. The van der Waals surface area contributed by atoms with Crippen LogP contribution < -0.4 is 5.32 Å². The van der Waals surface area contributed by atoms with Gasteiger partial charge in [0.2, 0.25) is 5.91 Å². The number of amides is 2. The Morgan fingerprint density at radius 2 is 1.88 bits per heavy atom. The Kier molecular flexibility index (Phi) is 6.60. The van der Waals surface area contributed by atoms with Crippen molar-refractivity contribution in [3.63, 3.8) is 0 Å². The first-order valence-electron chi connectivity index (χ1n) is 11.4. The number of carbonyl (C=O) groups excluding carboxylic acids is 2. The highest BCUT2D eigenvalue weighted by Gasteiger charge is 2.28. The molecular formula is C26H25N3O3S2. The number of thiazole rings is 1. The molecule has 0 unspecified atom stereocenters. The second-order valence-electron chi connectivity index (χ2n) is 8.33. The molecule has 1 aliphatic heterocycles. The number of rotatable bonds is 6. The predicted molar refractivity (Wildman–Crippen MR) is 136 cm³/mol. The van der Waals surface area contributed by atoms with Crippen molar-refractivity contribution < 1.29 is 14.0 Å². The molecule has 0 spiro atoms. The lowest BCUT2D eigenvalue weighted by molar-refractivity contribution is -0.115. The second kappa shape index (κ2) is 9.95. The Morgan fingerprint density at radius 3 is 2.62 bits per heavy atom. The van der Waals surface area contributed by atoms with E-state index in [4.69, 9.17) is 4.42 Å². The SMILES string of the molecule is Cc1c(-c2ccccc2)sc(NC(=O)Cc2csc(-c3ccco3)n2)c1C(=O)N1CCCCC1. The summed E-state index contributed by atoms with van der Waals surface area (Å²) in [6.45, 7) is 3.49. The molecule has 3 aromatic heterocycles. The van der Waals surface area contributed by atoms with Gasteiger partial charge in [0.1, 0.15) is 5.00 Å². The zero-order valence-corrected chi connectivity index (χ0v) is 20.5. The molecule has 1 aromatic carbocycles. The Morgan fingerprint density at radius 1 is 1.09 bits per heavy atom. The van der Waals surface area contributed by atoms with E-state index in [1.165, 1.54) is 22.7 Å². The van der Waals surface area contributed by atoms with Crippen molar-refractivity contribution in [1.82, 2.24) is 9.88 Å². The van der Waals surface area contributed by atoms with Gasteiger partial charge in [-0.1, -0.05) is 30.3 Å². The van der Waals surface area contributed by atoms with Gasteiger partial charge < -0.3 is 14.6 Å². The number of aromatic nitrogens is 1. The van der Waals surface area contributed by atoms with Crippen molar-refractivity contribution >= 4 is 39.5 Å². The minimum Gasteiger partial charge on any atom is -0.462 e. The standard InChI is InChI=1S/C26H25N3O3S2/c1-17-22(26(31)29-12-6-3-7-13-29)25(34-23(17)18-9-4-2-5-10-18)28-21(30)15-19-16-33-24(27-19)20-11-8-14-32-20/h2,4-5,8-11,14,16H,3,6-7,12-13,15H2,1H3,(H,28,30). The number of likely N-dealkylation sites (tertiary alicyclic amines) is 1. The molecule has 6 nitrogen and oxygen atoms in total. The molecule has 1 fully saturated rings. The summed E-state index contributed by atoms with van der Waals surface area (Å²) in [5.41, 5.74) is 3.24. The van der Waals surface area contributed by atoms with Crippen LogP contribution >= 0.6 is 22.7 Å². The first-order chi connectivity index (χ1) is 16.6. The van der Waals surface area contributed by atoms with Crippen molar-refractivity contribution in [2.75, 3.05) is 18.4 Å². The molecule has 0 radical (unpaired) electrons. The highest BCUT2D eigenvalue weighted by atomic mass is 32.1. The van der Waals surface area contributed by atoms with Gasteiger partial charge in [-0.2, -0.15) is 0 Å². The minimum absolute atomic E-state index is 0.000282. The Bertz CT molecular complexity index is 1290. The van der Waals surface area contributed by atoms with Gasteiger partial charge in [-0.3, -0.25) is 9.59 Å². The van der Waals surface area contributed by atoms with Gasteiger partial charge in [0.25, 0.3) is 5.91 Å². The van der Waals surface area contributed by atoms with E-state index in [1.54, 1.807) is 6.26 Å². The summed E-state index contributed by atoms with van der Waals surface area (Å²) in [6, 6.07) is 13.7. The smallest absolute Gasteiger partial charge is 0.257 e. The molecule has 0 aliphatic carbocycles. The number of piperidine rings is 1. The number of thiophene rings is 1. The predicted octanol–water partition coefficient (Wildman–Crippen LogP) is 6.25. The molecule has 34 heavy (non-hydrogen) atoms. The van der Waals surface area contributed by atoms with E-state index >= 15 is 0 Å². The Labute approximate surface area is 206 Å². The van der Waals surface area contributed by atoms with E-state index in [0.717, 1.165) is 53.4 Å². The van der Waals surface area contributed by atoms with Crippen molar-refractivity contribution in [2.45, 2.75) is 32.6 Å². The van der Waals surface area contributed by atoms with Crippen LogP contribution in [-0.2, 0) is 11.2 Å². The van der Waals surface area contributed by atoms with Crippen LogP contribution in [0.25, 0.3) is 21.2 Å². The Hall–Kier alpha value is -3.23. The van der Waals surface area contributed by atoms with E-state index in [2.05, 4.69) is 10.3 Å². The summed E-state index contributed by atoms with van der Waals surface area (Å²) in [5, 5.41) is 6.25. The van der Waals surface area contributed by atoms with E-state index in [1.807, 2.05) is 59.7 Å². The lowest BCUT2D eigenvalue weighted by Crippen LogP contribution is -2.36. The third-order valence-electron chi connectivity index (χ3n) is 5.92. The van der Waals surface area contributed by atoms with Gasteiger partial charge in [-0.15, -0.1) is 22.7 Å². The zero-order chi connectivity index (χ0) is 23.5. The van der Waals surface area contributed by atoms with Gasteiger partial charge in [0.05, 0.1) is 23.9 Å². The lowest BCUT2D eigenvalue weighted by Gasteiger charge is -2.27. The maximum absolute atomic E-state index is 13.5. The molecule has 0 bridgehead atoms. The molecular weight excluding hydrogens is 466 g/mol. The van der Waals surface area contributed by atoms with Crippen LogP contribution in [0.1, 0.15) is 40.9 Å². The summed E-state index contributed by atoms with van der Waals surface area (Å²) in [5.74, 6) is 0.497. The molecule has 4 heterocycles. The van der Waals surface area contributed by atoms with Crippen molar-refractivity contribution in [2.24, 2.45) is 0 Å². The fraction of sp³-hybridized carbons (Fsp3) is 0.269. The third kappa shape index (κ3) is 4.69. The third-order valence-corrected chi connectivity index (χ3v) is 8.08. The van der Waals surface area contributed by atoms with Gasteiger partial charge in [-0.25, -0.2) is 4.98 Å². The van der Waals surface area contributed by atoms with E-state index in [-0.39, 0.29) is 18.2 Å². The van der Waals surface area contributed by atoms with Gasteiger partial charge >= 0.3 is 0 Å². The number of furan rings is 1. The second-order valence-corrected chi connectivity index (χ2v) is 10.2. The van der Waals surface area contributed by atoms with Crippen molar-refractivity contribution in [1.29, 1.82) is 0 Å². The first kappa shape index (κ1) is 22.6. The topological polar surface area (TPSA) is 75.4 Å². The maximum atomic E-state index is 13.5. The highest BCUT2D eigenvalue weighted by molar-refractivity contribution is 7.20. The molecule has 174 valence electrons. The van der Waals surface area contributed by atoms with E-state index in [0.29, 0.717) is 22.0 Å². The van der Waals surface area contributed by atoms with Crippen LogP contribution in [0.4, 0.5) is 5.00 Å². The number of anilines is 1. The van der Waals surface area contributed by atoms with Crippen LogP contribution in [0.15, 0.2) is 58.5 Å². The molecule has 5 rings (SSSR count). The number of carbonyl (C=O) groups is 2. The fourth-order valence-corrected chi connectivity index (χ4v) is 6.22. The first-order valence-corrected chi connectivity index (χ1v) is 13.1. The van der Waals surface area contributed by atoms with Crippen LogP contribution in [0.3, 0.4) is 0 Å². The van der Waals surface area contributed by atoms with Gasteiger partial charge in [0, 0.05) is 23.3 Å². The monoisotopic (exact) mass is 491 g/mol. The normalized spacial score (nSPS) is 13.7. The van der Waals surface area contributed by atoms with Crippen LogP contribution in [0.5, 0.6) is 0 Å². The molecule has 8 heteroatoms. The lowest BCUT2D eigenvalue weighted by atomic mass is 10.0. The van der Waals surface area contributed by atoms with E-state index in [9.17, 15) is 9.59 Å². The van der Waals surface area contributed by atoms with Gasteiger partial charge in [0.15, 0.2) is 10.8 Å². The van der Waals surface area contributed by atoms with Gasteiger partial charge in [-0.05, 0) is 49.4 Å². The number of nitrogens with zero attached hydrogens (tertiary/aromatic N) is 2. The fourth-order valence-electron chi connectivity index (χ4n) is 4.22. The number of benzene rings is 1. The summed E-state index contributed by atoms with van der Waals surface area (Å²) >= 11 is 2.90. The summed E-state index contributed by atoms with van der Waals surface area (Å²) in [4.78, 5) is 34.0. The molecule has 1 aliphatic rings. The average Bonchev–Trinajstić information content (AvgIpc) is 3.61. The minimum atomic E-state index is -0.190. The van der Waals surface area contributed by atoms with Crippen LogP contribution in [-0.4, -0.2) is 34.8 Å². The molecule has 1 N–H and O–H groups in total. The molecule has 1 saturated heterocycles. The highest BCUT2D eigenvalue weighted by Crippen LogP contribution is 2.41. The summed E-state index contributed by atoms with van der Waals surface area (Å²) in [6.07, 6.45) is 4.92. The zero-order valence-electron chi connectivity index (χ0n) is 18.9. The molecule has 0 atom stereocenters. The number of hydrogen-bond donors (Lipinski definition) is 1. The average molecular weight is 492 g/mol. The van der Waals surface area contributed by atoms with Crippen molar-refractivity contribution in [3.8, 4) is 21.2 Å². The Balaban J connectivity index is 1.41. The van der Waals surface area contributed by atoms with Crippen LogP contribution in [0, 0.1) is 6.92 Å². The summed E-state index contributed by atoms with van der Waals surface area (Å²) < 4.78 is 5.40. The van der Waals surface area contributed by atoms with Crippen LogP contribution in [0.2, 0.25) is 0 Å². The largest absolute Gasteiger partial charge is 0.462 e. The van der Waals surface area contributed by atoms with Crippen molar-refractivity contribution in [3.05, 3.63) is 70.9 Å². The molecule has 0 saturated carbocycles. The maximum Gasteiger partial charge on any atom is 0.257 e. The number of nitrogens with one attached hydrogen (secondary N) is 1. The summed E-state index contributed by atoms with van der Waals surface area (Å²) in [7, 11) is 0. The molecule has 2 amide bonds.